The normalized spacial score (nSPS) is 13.1. The zero-order valence-corrected chi connectivity index (χ0v) is 9.49. The van der Waals surface area contributed by atoms with Crippen LogP contribution in [0.3, 0.4) is 0 Å². The summed E-state index contributed by atoms with van der Waals surface area (Å²) < 4.78 is 0. The second kappa shape index (κ2) is 5.03. The molecule has 3 heteroatoms. The highest BCUT2D eigenvalue weighted by atomic mass is 16.3. The predicted octanol–water partition coefficient (Wildman–Crippen LogP) is 2.40. The van der Waals surface area contributed by atoms with Crippen molar-refractivity contribution >= 4 is 0 Å². The van der Waals surface area contributed by atoms with E-state index in [0.29, 0.717) is 5.92 Å². The molecule has 0 amide bonds. The Labute approximate surface area is 90.8 Å². The number of benzene rings is 1. The van der Waals surface area contributed by atoms with Crippen molar-refractivity contribution in [3.63, 3.8) is 0 Å². The fourth-order valence-corrected chi connectivity index (χ4v) is 1.42. The average molecular weight is 209 g/mol. The molecule has 0 bridgehead atoms. The lowest BCUT2D eigenvalue weighted by Crippen LogP contribution is -2.23. The molecule has 1 atom stereocenters. The van der Waals surface area contributed by atoms with Crippen LogP contribution in [0.5, 0.6) is 11.5 Å². The molecule has 1 rings (SSSR count). The standard InChI is InChI=1S/C12H19NO2/c1-8(2)7-13-9(3)11-5-4-10(14)6-12(11)15/h4-6,8-9,13-15H,7H2,1-3H3. The van der Waals surface area contributed by atoms with Gasteiger partial charge in [0.25, 0.3) is 0 Å². The summed E-state index contributed by atoms with van der Waals surface area (Å²) in [5.74, 6) is 0.803. The smallest absolute Gasteiger partial charge is 0.124 e. The van der Waals surface area contributed by atoms with Gasteiger partial charge in [-0.25, -0.2) is 0 Å². The van der Waals surface area contributed by atoms with Gasteiger partial charge in [-0.1, -0.05) is 19.9 Å². The van der Waals surface area contributed by atoms with Gasteiger partial charge in [0.1, 0.15) is 11.5 Å². The number of hydrogen-bond acceptors (Lipinski definition) is 3. The van der Waals surface area contributed by atoms with Gasteiger partial charge in [0, 0.05) is 17.7 Å². The maximum atomic E-state index is 9.63. The molecule has 3 nitrogen and oxygen atoms in total. The van der Waals surface area contributed by atoms with E-state index in [0.717, 1.165) is 12.1 Å². The van der Waals surface area contributed by atoms with Crippen molar-refractivity contribution in [2.24, 2.45) is 5.92 Å². The summed E-state index contributed by atoms with van der Waals surface area (Å²) in [7, 11) is 0. The van der Waals surface area contributed by atoms with E-state index in [2.05, 4.69) is 19.2 Å². The Balaban J connectivity index is 2.69. The van der Waals surface area contributed by atoms with Gasteiger partial charge in [-0.05, 0) is 25.5 Å². The lowest BCUT2D eigenvalue weighted by molar-refractivity contribution is 0.430. The molecule has 0 radical (unpaired) electrons. The Morgan fingerprint density at radius 3 is 2.40 bits per heavy atom. The van der Waals surface area contributed by atoms with Crippen LogP contribution in [-0.2, 0) is 0 Å². The minimum Gasteiger partial charge on any atom is -0.508 e. The van der Waals surface area contributed by atoms with Crippen molar-refractivity contribution in [2.45, 2.75) is 26.8 Å². The molecular weight excluding hydrogens is 190 g/mol. The van der Waals surface area contributed by atoms with Gasteiger partial charge >= 0.3 is 0 Å². The Hall–Kier alpha value is -1.22. The quantitative estimate of drug-likeness (QED) is 0.713. The number of rotatable bonds is 4. The second-order valence-electron chi connectivity index (χ2n) is 4.27. The van der Waals surface area contributed by atoms with E-state index in [-0.39, 0.29) is 17.5 Å². The number of aromatic hydroxyl groups is 2. The van der Waals surface area contributed by atoms with Crippen LogP contribution in [0.2, 0.25) is 0 Å². The summed E-state index contributed by atoms with van der Waals surface area (Å²) >= 11 is 0. The third kappa shape index (κ3) is 3.44. The molecule has 0 spiro atoms. The van der Waals surface area contributed by atoms with Crippen LogP contribution < -0.4 is 5.32 Å². The summed E-state index contributed by atoms with van der Waals surface area (Å²) in [6.07, 6.45) is 0. The zero-order valence-electron chi connectivity index (χ0n) is 9.49. The van der Waals surface area contributed by atoms with E-state index in [1.807, 2.05) is 6.92 Å². The molecule has 0 aliphatic carbocycles. The van der Waals surface area contributed by atoms with Crippen LogP contribution in [0.1, 0.15) is 32.4 Å². The minimum atomic E-state index is 0.0901. The monoisotopic (exact) mass is 209 g/mol. The van der Waals surface area contributed by atoms with E-state index >= 15 is 0 Å². The molecule has 3 N–H and O–H groups in total. The van der Waals surface area contributed by atoms with Crippen molar-refractivity contribution in [1.29, 1.82) is 0 Å². The lowest BCUT2D eigenvalue weighted by Gasteiger charge is -2.17. The van der Waals surface area contributed by atoms with Crippen LogP contribution in [0.25, 0.3) is 0 Å². The van der Waals surface area contributed by atoms with Crippen LogP contribution in [0.15, 0.2) is 18.2 Å². The fraction of sp³-hybridized carbons (Fsp3) is 0.500. The van der Waals surface area contributed by atoms with Gasteiger partial charge in [0.05, 0.1) is 0 Å². The minimum absolute atomic E-state index is 0.0901. The molecule has 1 aromatic rings. The Morgan fingerprint density at radius 1 is 1.20 bits per heavy atom. The van der Waals surface area contributed by atoms with E-state index in [9.17, 15) is 5.11 Å². The van der Waals surface area contributed by atoms with Crippen LogP contribution in [0, 0.1) is 5.92 Å². The third-order valence-electron chi connectivity index (χ3n) is 2.31. The molecule has 0 aliphatic heterocycles. The molecule has 0 aliphatic rings. The SMILES string of the molecule is CC(C)CNC(C)c1ccc(O)cc1O. The highest BCUT2D eigenvalue weighted by molar-refractivity contribution is 5.40. The molecule has 1 aromatic carbocycles. The highest BCUT2D eigenvalue weighted by Crippen LogP contribution is 2.27. The zero-order chi connectivity index (χ0) is 11.4. The van der Waals surface area contributed by atoms with E-state index in [1.54, 1.807) is 12.1 Å². The number of nitrogens with one attached hydrogen (secondary N) is 1. The maximum Gasteiger partial charge on any atom is 0.124 e. The maximum absolute atomic E-state index is 9.63. The largest absolute Gasteiger partial charge is 0.508 e. The van der Waals surface area contributed by atoms with Crippen LogP contribution >= 0.6 is 0 Å². The van der Waals surface area contributed by atoms with Gasteiger partial charge < -0.3 is 15.5 Å². The fourth-order valence-electron chi connectivity index (χ4n) is 1.42. The van der Waals surface area contributed by atoms with E-state index in [1.165, 1.54) is 6.07 Å². The van der Waals surface area contributed by atoms with Gasteiger partial charge in [-0.2, -0.15) is 0 Å². The Bertz CT molecular complexity index is 323. The summed E-state index contributed by atoms with van der Waals surface area (Å²) in [4.78, 5) is 0. The molecular formula is C12H19NO2. The number of phenols is 2. The lowest BCUT2D eigenvalue weighted by atomic mass is 10.1. The first-order valence-electron chi connectivity index (χ1n) is 5.26. The van der Waals surface area contributed by atoms with Crippen molar-refractivity contribution in [3.05, 3.63) is 23.8 Å². The number of hydrogen-bond donors (Lipinski definition) is 3. The first-order valence-corrected chi connectivity index (χ1v) is 5.26. The summed E-state index contributed by atoms with van der Waals surface area (Å²) in [5.41, 5.74) is 0.813. The first-order chi connectivity index (χ1) is 7.00. The van der Waals surface area contributed by atoms with Gasteiger partial charge in [-0.15, -0.1) is 0 Å². The van der Waals surface area contributed by atoms with Crippen LogP contribution in [-0.4, -0.2) is 16.8 Å². The van der Waals surface area contributed by atoms with Gasteiger partial charge in [0.2, 0.25) is 0 Å². The van der Waals surface area contributed by atoms with E-state index in [4.69, 9.17) is 5.11 Å². The average Bonchev–Trinajstić information content (AvgIpc) is 2.14. The molecule has 0 saturated carbocycles. The van der Waals surface area contributed by atoms with E-state index < -0.39 is 0 Å². The van der Waals surface area contributed by atoms with Crippen molar-refractivity contribution in [1.82, 2.24) is 5.32 Å². The van der Waals surface area contributed by atoms with Crippen molar-refractivity contribution in [3.8, 4) is 11.5 Å². The molecule has 84 valence electrons. The molecule has 15 heavy (non-hydrogen) atoms. The van der Waals surface area contributed by atoms with Crippen molar-refractivity contribution < 1.29 is 10.2 Å². The number of phenolic OH excluding ortho intramolecular Hbond substituents is 2. The Morgan fingerprint density at radius 2 is 1.87 bits per heavy atom. The molecule has 0 fully saturated rings. The molecule has 0 heterocycles. The van der Waals surface area contributed by atoms with Gasteiger partial charge in [-0.3, -0.25) is 0 Å². The summed E-state index contributed by atoms with van der Waals surface area (Å²) in [6.45, 7) is 7.17. The molecule has 0 saturated heterocycles. The first kappa shape index (κ1) is 11.9. The topological polar surface area (TPSA) is 52.5 Å². The second-order valence-corrected chi connectivity index (χ2v) is 4.27. The predicted molar refractivity (Wildman–Crippen MR) is 61.0 cm³/mol. The molecule has 1 unspecified atom stereocenters. The van der Waals surface area contributed by atoms with Crippen molar-refractivity contribution in [2.75, 3.05) is 6.54 Å². The summed E-state index contributed by atoms with van der Waals surface area (Å²) in [5, 5.41) is 22.1. The van der Waals surface area contributed by atoms with Gasteiger partial charge in [0.15, 0.2) is 0 Å². The third-order valence-corrected chi connectivity index (χ3v) is 2.31. The summed E-state index contributed by atoms with van der Waals surface area (Å²) in [6, 6.07) is 4.78. The Kier molecular flexibility index (Phi) is 3.97. The molecule has 0 aromatic heterocycles. The van der Waals surface area contributed by atoms with Crippen LogP contribution in [0.4, 0.5) is 0 Å². The highest BCUT2D eigenvalue weighted by Gasteiger charge is 2.10.